The first-order chi connectivity index (χ1) is 10.2. The molecule has 0 aliphatic heterocycles. The zero-order valence-corrected chi connectivity index (χ0v) is 13.3. The smallest absolute Gasteiger partial charge is 0.194 e. The molecule has 1 N–H and O–H groups in total. The van der Waals surface area contributed by atoms with E-state index in [1.807, 2.05) is 24.0 Å². The molecule has 3 rings (SSSR count). The molecule has 0 radical (unpaired) electrons. The van der Waals surface area contributed by atoms with Crippen molar-refractivity contribution in [1.82, 2.24) is 19.2 Å². The molecule has 3 aromatic rings. The maximum atomic E-state index is 5.05. The first-order valence-electron chi connectivity index (χ1n) is 6.86. The van der Waals surface area contributed by atoms with E-state index in [9.17, 15) is 0 Å². The van der Waals surface area contributed by atoms with Crippen LogP contribution in [-0.4, -0.2) is 32.9 Å². The van der Waals surface area contributed by atoms with Crippen LogP contribution < -0.4 is 5.32 Å². The maximum absolute atomic E-state index is 5.05. The third kappa shape index (κ3) is 2.93. The Morgan fingerprint density at radius 1 is 1.33 bits per heavy atom. The van der Waals surface area contributed by atoms with Crippen molar-refractivity contribution in [3.05, 3.63) is 34.9 Å². The van der Waals surface area contributed by atoms with E-state index < -0.39 is 0 Å². The van der Waals surface area contributed by atoms with Gasteiger partial charge in [0.25, 0.3) is 0 Å². The van der Waals surface area contributed by atoms with Crippen LogP contribution in [0.5, 0.6) is 0 Å². The van der Waals surface area contributed by atoms with Crippen LogP contribution in [0.4, 0.5) is 5.69 Å². The van der Waals surface area contributed by atoms with Gasteiger partial charge in [0.2, 0.25) is 0 Å². The molecule has 21 heavy (non-hydrogen) atoms. The highest BCUT2D eigenvalue weighted by atomic mass is 32.1. The number of rotatable bonds is 6. The lowest BCUT2D eigenvalue weighted by atomic mass is 10.3. The van der Waals surface area contributed by atoms with Gasteiger partial charge in [-0.15, -0.1) is 11.3 Å². The van der Waals surface area contributed by atoms with Crippen molar-refractivity contribution < 1.29 is 4.74 Å². The summed E-state index contributed by atoms with van der Waals surface area (Å²) in [5, 5.41) is 7.70. The minimum Gasteiger partial charge on any atom is -0.383 e. The standard InChI is InChI=1S/C14H19N5OS/c1-10-8-19-13(11(2)17-14(19)21-10)7-15-12-6-16-18(9-12)4-5-20-3/h6,8-9,15H,4-5,7H2,1-3H3. The zero-order valence-electron chi connectivity index (χ0n) is 12.5. The van der Waals surface area contributed by atoms with Crippen LogP contribution in [0.3, 0.4) is 0 Å². The number of hydrogen-bond acceptors (Lipinski definition) is 5. The molecule has 3 heterocycles. The van der Waals surface area contributed by atoms with Gasteiger partial charge in [-0.3, -0.25) is 9.08 Å². The van der Waals surface area contributed by atoms with E-state index in [0.29, 0.717) is 6.61 Å². The van der Waals surface area contributed by atoms with Crippen LogP contribution in [0.15, 0.2) is 18.6 Å². The van der Waals surface area contributed by atoms with E-state index in [1.54, 1.807) is 18.4 Å². The summed E-state index contributed by atoms with van der Waals surface area (Å²) in [6, 6.07) is 0. The molecular formula is C14H19N5OS. The maximum Gasteiger partial charge on any atom is 0.194 e. The highest BCUT2D eigenvalue weighted by Crippen LogP contribution is 2.21. The molecule has 0 spiro atoms. The molecule has 0 saturated carbocycles. The van der Waals surface area contributed by atoms with Crippen molar-refractivity contribution in [2.24, 2.45) is 0 Å². The third-order valence-corrected chi connectivity index (χ3v) is 4.26. The van der Waals surface area contributed by atoms with E-state index in [0.717, 1.165) is 29.4 Å². The Labute approximate surface area is 127 Å². The van der Waals surface area contributed by atoms with Gasteiger partial charge in [0.15, 0.2) is 4.96 Å². The van der Waals surface area contributed by atoms with E-state index >= 15 is 0 Å². The second kappa shape index (κ2) is 5.87. The number of nitrogens with one attached hydrogen (secondary N) is 1. The second-order valence-electron chi connectivity index (χ2n) is 4.98. The number of hydrogen-bond donors (Lipinski definition) is 1. The number of thiazole rings is 1. The van der Waals surface area contributed by atoms with Crippen LogP contribution in [0.25, 0.3) is 4.96 Å². The van der Waals surface area contributed by atoms with Gasteiger partial charge in [-0.1, -0.05) is 0 Å². The van der Waals surface area contributed by atoms with Gasteiger partial charge < -0.3 is 10.1 Å². The Morgan fingerprint density at radius 2 is 2.19 bits per heavy atom. The van der Waals surface area contributed by atoms with Crippen molar-refractivity contribution in [2.75, 3.05) is 19.0 Å². The molecule has 0 bridgehead atoms. The predicted molar refractivity (Wildman–Crippen MR) is 84.0 cm³/mol. The van der Waals surface area contributed by atoms with Gasteiger partial charge in [-0.05, 0) is 13.8 Å². The number of imidazole rings is 1. The first kappa shape index (κ1) is 14.1. The monoisotopic (exact) mass is 305 g/mol. The number of nitrogens with zero attached hydrogens (tertiary/aromatic N) is 4. The molecule has 112 valence electrons. The Morgan fingerprint density at radius 3 is 3.00 bits per heavy atom. The lowest BCUT2D eigenvalue weighted by Gasteiger charge is -2.04. The normalized spacial score (nSPS) is 11.4. The summed E-state index contributed by atoms with van der Waals surface area (Å²) in [4.78, 5) is 6.92. The minimum atomic E-state index is 0.664. The molecular weight excluding hydrogens is 286 g/mol. The summed E-state index contributed by atoms with van der Waals surface area (Å²) >= 11 is 1.72. The van der Waals surface area contributed by atoms with Gasteiger partial charge in [0.05, 0.1) is 43.0 Å². The third-order valence-electron chi connectivity index (χ3n) is 3.36. The quantitative estimate of drug-likeness (QED) is 0.760. The van der Waals surface area contributed by atoms with Gasteiger partial charge in [0.1, 0.15) is 0 Å². The lowest BCUT2D eigenvalue weighted by molar-refractivity contribution is 0.183. The van der Waals surface area contributed by atoms with Crippen LogP contribution in [0, 0.1) is 13.8 Å². The molecule has 3 aromatic heterocycles. The van der Waals surface area contributed by atoms with E-state index in [1.165, 1.54) is 10.6 Å². The number of anilines is 1. The van der Waals surface area contributed by atoms with Crippen molar-refractivity contribution in [3.63, 3.8) is 0 Å². The van der Waals surface area contributed by atoms with Crippen molar-refractivity contribution in [3.8, 4) is 0 Å². The van der Waals surface area contributed by atoms with Crippen molar-refractivity contribution in [2.45, 2.75) is 26.9 Å². The molecule has 0 unspecified atom stereocenters. The molecule has 0 aromatic carbocycles. The van der Waals surface area contributed by atoms with Crippen molar-refractivity contribution >= 4 is 22.0 Å². The van der Waals surface area contributed by atoms with Gasteiger partial charge in [-0.2, -0.15) is 5.10 Å². The van der Waals surface area contributed by atoms with Crippen LogP contribution in [0.1, 0.15) is 16.3 Å². The number of methoxy groups -OCH3 is 1. The van der Waals surface area contributed by atoms with Crippen molar-refractivity contribution in [1.29, 1.82) is 0 Å². The molecule has 6 nitrogen and oxygen atoms in total. The Balaban J connectivity index is 1.71. The summed E-state index contributed by atoms with van der Waals surface area (Å²) < 4.78 is 9.09. The topological polar surface area (TPSA) is 56.4 Å². The van der Waals surface area contributed by atoms with E-state index in [4.69, 9.17) is 4.74 Å². The molecule has 0 saturated heterocycles. The number of aryl methyl sites for hydroxylation is 2. The zero-order chi connectivity index (χ0) is 14.8. The Bertz CT molecular complexity index is 742. The van der Waals surface area contributed by atoms with E-state index in [2.05, 4.69) is 32.9 Å². The van der Waals surface area contributed by atoms with Crippen LogP contribution in [-0.2, 0) is 17.8 Å². The molecule has 0 aliphatic carbocycles. The molecule has 0 fully saturated rings. The molecule has 0 atom stereocenters. The number of fused-ring (bicyclic) bond motifs is 1. The van der Waals surface area contributed by atoms with E-state index in [-0.39, 0.29) is 0 Å². The minimum absolute atomic E-state index is 0.664. The summed E-state index contributed by atoms with van der Waals surface area (Å²) in [5.41, 5.74) is 3.27. The molecule has 0 amide bonds. The number of ether oxygens (including phenoxy) is 1. The predicted octanol–water partition coefficient (Wildman–Crippen LogP) is 2.47. The van der Waals surface area contributed by atoms with Gasteiger partial charge >= 0.3 is 0 Å². The highest BCUT2D eigenvalue weighted by molar-refractivity contribution is 7.17. The summed E-state index contributed by atoms with van der Waals surface area (Å²) in [5.74, 6) is 0. The van der Waals surface area contributed by atoms with Gasteiger partial charge in [0, 0.05) is 24.4 Å². The largest absolute Gasteiger partial charge is 0.383 e. The first-order valence-corrected chi connectivity index (χ1v) is 7.68. The number of aromatic nitrogens is 4. The summed E-state index contributed by atoms with van der Waals surface area (Å²) in [6.45, 7) is 6.31. The Hall–Kier alpha value is -1.86. The van der Waals surface area contributed by atoms with Crippen LogP contribution >= 0.6 is 11.3 Å². The lowest BCUT2D eigenvalue weighted by Crippen LogP contribution is -2.05. The summed E-state index contributed by atoms with van der Waals surface area (Å²) in [6.07, 6.45) is 5.96. The Kier molecular flexibility index (Phi) is 3.94. The molecule has 0 aliphatic rings. The average molecular weight is 305 g/mol. The SMILES string of the molecule is COCCn1cc(NCc2c(C)nc3sc(C)cn23)cn1. The highest BCUT2D eigenvalue weighted by Gasteiger charge is 2.11. The second-order valence-corrected chi connectivity index (χ2v) is 6.19. The molecule has 7 heteroatoms. The summed E-state index contributed by atoms with van der Waals surface area (Å²) in [7, 11) is 1.69. The van der Waals surface area contributed by atoms with Crippen LogP contribution in [0.2, 0.25) is 0 Å². The fourth-order valence-corrected chi connectivity index (χ4v) is 3.16. The fraction of sp³-hybridized carbons (Fsp3) is 0.429. The fourth-order valence-electron chi connectivity index (χ4n) is 2.27. The van der Waals surface area contributed by atoms with Gasteiger partial charge in [-0.25, -0.2) is 4.98 Å². The average Bonchev–Trinajstić information content (AvgIpc) is 3.10.